The van der Waals surface area contributed by atoms with E-state index < -0.39 is 0 Å². The van der Waals surface area contributed by atoms with Gasteiger partial charge >= 0.3 is 0 Å². The smallest absolute Gasteiger partial charge is 0.0312 e. The average Bonchev–Trinajstić information content (AvgIpc) is 0.850. The summed E-state index contributed by atoms with van der Waals surface area (Å²) in [7, 11) is 0. The van der Waals surface area contributed by atoms with Gasteiger partial charge in [-0.05, 0) is 534 Å². The molecule has 0 spiro atoms. The van der Waals surface area contributed by atoms with Crippen molar-refractivity contribution in [1.29, 1.82) is 0 Å². The molecule has 0 bridgehead atoms. The van der Waals surface area contributed by atoms with E-state index >= 15 is 0 Å². The minimum absolute atomic E-state index is 1.17. The van der Waals surface area contributed by atoms with E-state index in [-0.39, 0.29) is 0 Å². The zero-order valence-electron chi connectivity index (χ0n) is 62.7. The molecule has 0 nitrogen and oxygen atoms in total. The fourth-order valence-corrected chi connectivity index (χ4v) is 49.6. The van der Waals surface area contributed by atoms with Crippen LogP contribution in [-0.4, -0.2) is 0 Å². The second-order valence-electron chi connectivity index (χ2n) is 50.2. The van der Waals surface area contributed by atoms with Crippen LogP contribution in [0.3, 0.4) is 0 Å². The van der Waals surface area contributed by atoms with Gasteiger partial charge in [0.15, 0.2) is 0 Å². The van der Waals surface area contributed by atoms with Crippen LogP contribution in [0.25, 0.3) is 0 Å². The molecule has 0 heterocycles. The summed E-state index contributed by atoms with van der Waals surface area (Å²) in [5.41, 5.74) is 0. The molecule has 0 saturated heterocycles. The molecular weight excluding hydrogens is 1200 g/mol. The lowest BCUT2D eigenvalue weighted by Crippen LogP contribution is -2.86. The lowest BCUT2D eigenvalue weighted by Gasteiger charge is -2.90. The zero-order chi connectivity index (χ0) is 62.7. The predicted octanol–water partition coefficient (Wildman–Crippen LogP) is 22.4. The topological polar surface area (TPSA) is 0 Å². The monoisotopic (exact) mass is 1340 g/mol. The Morgan fingerprint density at radius 1 is 0.130 bits per heavy atom. The molecule has 62 atom stereocenters. The minimum Gasteiger partial charge on any atom is -0.0533 e. The molecule has 0 aromatic rings. The van der Waals surface area contributed by atoms with E-state index in [2.05, 4.69) is 0 Å². The van der Waals surface area contributed by atoms with Crippen molar-refractivity contribution in [1.82, 2.24) is 0 Å². The molecule has 538 valence electrons. The molecule has 33 aliphatic carbocycles. The summed E-state index contributed by atoms with van der Waals surface area (Å²) in [6.07, 6.45) is 62.9. The lowest BCUT2D eigenvalue weighted by atomic mass is 9.15. The Kier molecular flexibility index (Phi) is 10.8. The van der Waals surface area contributed by atoms with Crippen LogP contribution >= 0.6 is 0 Å². The SMILES string of the molecule is C1CCCC2C(CC1)C1C3CC4C5CCC5C4C3C21.C1CCCCC2C(CCC1)C1C2C2C3C(CC4C5C6CC7C(CCC8C(CC9CC%10C%11CC(C%12CC%13C%14CCCC%14C%13%12)C%11C9%10)C9C8C8C%10C%11CC(C%12CC%13C%12C%12C%14C%15CC%16C(CCCC%15C%14C%13%12)C%12CCC%12%16)C%11C%10C98)CC7CC6C5C43)C12. The van der Waals surface area contributed by atoms with Gasteiger partial charge < -0.3 is 0 Å². The highest BCUT2D eigenvalue weighted by molar-refractivity contribution is 5.35. The first-order valence-electron chi connectivity index (χ1n) is 49.7. The van der Waals surface area contributed by atoms with Gasteiger partial charge in [-0.2, -0.15) is 0 Å². The van der Waals surface area contributed by atoms with Crippen molar-refractivity contribution in [3.8, 4) is 0 Å². The van der Waals surface area contributed by atoms with Gasteiger partial charge in [-0.1, -0.05) is 77.0 Å². The van der Waals surface area contributed by atoms with Crippen molar-refractivity contribution in [3.05, 3.63) is 0 Å². The Morgan fingerprint density at radius 3 is 1.09 bits per heavy atom. The van der Waals surface area contributed by atoms with Crippen LogP contribution in [0.1, 0.15) is 244 Å². The summed E-state index contributed by atoms with van der Waals surface area (Å²) in [5, 5.41) is 0. The van der Waals surface area contributed by atoms with Gasteiger partial charge in [0.05, 0.1) is 0 Å². The van der Waals surface area contributed by atoms with Crippen molar-refractivity contribution >= 4 is 0 Å². The molecule has 100 heavy (non-hydrogen) atoms. The maximum Gasteiger partial charge on any atom is -0.0312 e. The second-order valence-corrected chi connectivity index (χ2v) is 50.2. The van der Waals surface area contributed by atoms with Gasteiger partial charge in [-0.15, -0.1) is 0 Å². The molecule has 62 unspecified atom stereocenters. The van der Waals surface area contributed by atoms with Crippen LogP contribution in [0.15, 0.2) is 0 Å². The number of hydrogen-bond donors (Lipinski definition) is 0. The third kappa shape index (κ3) is 6.03. The van der Waals surface area contributed by atoms with Crippen molar-refractivity contribution in [2.75, 3.05) is 0 Å². The van der Waals surface area contributed by atoms with Gasteiger partial charge in [0.1, 0.15) is 0 Å². The summed E-state index contributed by atoms with van der Waals surface area (Å²) >= 11 is 0. The van der Waals surface area contributed by atoms with E-state index in [1.54, 1.807) is 244 Å². The quantitative estimate of drug-likeness (QED) is 0.223. The predicted molar refractivity (Wildman–Crippen MR) is 392 cm³/mol. The number of hydrogen-bond acceptors (Lipinski definition) is 0. The van der Waals surface area contributed by atoms with Crippen molar-refractivity contribution < 1.29 is 0 Å². The van der Waals surface area contributed by atoms with Gasteiger partial charge in [0, 0.05) is 0 Å². The van der Waals surface area contributed by atoms with E-state index in [9.17, 15) is 0 Å². The van der Waals surface area contributed by atoms with Crippen LogP contribution in [0, 0.1) is 367 Å². The molecule has 0 amide bonds. The molecule has 33 aliphatic rings. The zero-order valence-corrected chi connectivity index (χ0v) is 62.7. The van der Waals surface area contributed by atoms with Crippen molar-refractivity contribution in [2.45, 2.75) is 244 Å². The first kappa shape index (κ1) is 57.1. The lowest BCUT2D eigenvalue weighted by molar-refractivity contribution is -0.426. The first-order chi connectivity index (χ1) is 49.7. The molecule has 0 aliphatic heterocycles. The van der Waals surface area contributed by atoms with Crippen molar-refractivity contribution in [2.24, 2.45) is 367 Å². The van der Waals surface area contributed by atoms with E-state index in [1.807, 2.05) is 0 Å². The van der Waals surface area contributed by atoms with E-state index in [1.165, 1.54) is 367 Å². The standard InChI is InChI=1S/C81H110.C19H28/c1-2-4-6-10-39-38(9-5-3-1)65-67(39)79-74(65)58-29-57-62-50-23-42-30(19-31(42)20-46(50)69(62)72(57)75(58)79)15-16-41-44(21-32-22-45-51-26-52(61(51)59(32)45)49-25-47-34-12-8-13-37(34)60(47)49)70-68(41)80-76-56-28-54(64(56)78(76)81(70)80)53-27-55-63(53)77-71-48-24-43-33(35-17-18-36(35)43)11-7-14-40(48)66(71)73(55)77;1-2-4-6-12-11(5-3-1)17-15-9-14-10-7-8-13(10)16(14)19(15)18(12)17/h30-81H,1-29H2;10-19H,1-9H2. The normalized spacial score (nSPS) is 75.7. The highest BCUT2D eigenvalue weighted by Gasteiger charge is 2.88. The largest absolute Gasteiger partial charge is 0.0533 e. The summed E-state index contributed by atoms with van der Waals surface area (Å²) in [5.74, 6) is 76.7. The minimum atomic E-state index is 1.17. The summed E-state index contributed by atoms with van der Waals surface area (Å²) in [6.45, 7) is 0. The molecule has 33 saturated carbocycles. The van der Waals surface area contributed by atoms with Gasteiger partial charge in [-0.25, -0.2) is 0 Å². The summed E-state index contributed by atoms with van der Waals surface area (Å²) in [4.78, 5) is 0. The Morgan fingerprint density at radius 2 is 0.420 bits per heavy atom. The summed E-state index contributed by atoms with van der Waals surface area (Å²) in [6, 6.07) is 0. The Balaban J connectivity index is 0.000000235. The number of fused-ring (bicyclic) bond motifs is 63. The second kappa shape index (κ2) is 18.9. The van der Waals surface area contributed by atoms with E-state index in [0.717, 1.165) is 0 Å². The molecule has 0 aromatic carbocycles. The Hall–Kier alpha value is 0. The molecule has 33 fully saturated rings. The van der Waals surface area contributed by atoms with Crippen LogP contribution < -0.4 is 0 Å². The van der Waals surface area contributed by atoms with Crippen molar-refractivity contribution in [3.63, 3.8) is 0 Å². The molecule has 0 heteroatoms. The Labute approximate surface area is 607 Å². The van der Waals surface area contributed by atoms with Gasteiger partial charge in [-0.3, -0.25) is 0 Å². The van der Waals surface area contributed by atoms with Crippen LogP contribution in [0.5, 0.6) is 0 Å². The van der Waals surface area contributed by atoms with Crippen LogP contribution in [0.4, 0.5) is 0 Å². The maximum absolute atomic E-state index is 1.78. The van der Waals surface area contributed by atoms with Crippen LogP contribution in [0.2, 0.25) is 0 Å². The third-order valence-corrected chi connectivity index (χ3v) is 52.0. The van der Waals surface area contributed by atoms with E-state index in [4.69, 9.17) is 0 Å². The fraction of sp³-hybridized carbons (Fsp3) is 1.00. The van der Waals surface area contributed by atoms with Gasteiger partial charge in [0.2, 0.25) is 0 Å². The number of rotatable bonds is 7. The molecular formula is C100H138. The molecule has 0 radical (unpaired) electrons. The summed E-state index contributed by atoms with van der Waals surface area (Å²) < 4.78 is 0. The maximum atomic E-state index is 1.78. The fourth-order valence-electron chi connectivity index (χ4n) is 49.6. The molecule has 0 N–H and O–H groups in total. The molecule has 0 aromatic heterocycles. The highest BCUT2D eigenvalue weighted by Crippen LogP contribution is 2.93. The first-order valence-corrected chi connectivity index (χ1v) is 49.7. The molecule has 33 rings (SSSR count). The van der Waals surface area contributed by atoms with E-state index in [0.29, 0.717) is 0 Å². The highest BCUT2D eigenvalue weighted by atomic mass is 14.9. The average molecular weight is 1340 g/mol. The van der Waals surface area contributed by atoms with Gasteiger partial charge in [0.25, 0.3) is 0 Å². The third-order valence-electron chi connectivity index (χ3n) is 52.0. The Bertz CT molecular complexity index is 3500. The van der Waals surface area contributed by atoms with Crippen LogP contribution in [-0.2, 0) is 0 Å².